The van der Waals surface area contributed by atoms with Crippen molar-refractivity contribution in [2.24, 2.45) is 0 Å². The summed E-state index contributed by atoms with van der Waals surface area (Å²) in [6.07, 6.45) is -0.578. The summed E-state index contributed by atoms with van der Waals surface area (Å²) < 4.78 is 40.5. The number of nitrogens with zero attached hydrogens (tertiary/aromatic N) is 3. The molecule has 4 rings (SSSR count). The molecule has 1 atom stereocenters. The fourth-order valence-electron chi connectivity index (χ4n) is 4.01. The van der Waals surface area contributed by atoms with E-state index in [0.29, 0.717) is 11.3 Å². The van der Waals surface area contributed by atoms with Gasteiger partial charge in [0.25, 0.3) is 0 Å². The standard InChI is InChI=1S/C25H24F3N3/c1-3-7-20(24-21-8-5-6-9-23(21)31(4-2)30-24)18-12-15-22(29-16-18)17-10-13-19(14-11-17)25(26,27)28/h5-6,8-16,20H,3-4,7H2,1-2H3. The Morgan fingerprint density at radius 3 is 2.29 bits per heavy atom. The quantitative estimate of drug-likeness (QED) is 0.332. The highest BCUT2D eigenvalue weighted by atomic mass is 19.4. The maximum atomic E-state index is 12.8. The Kier molecular flexibility index (Phi) is 5.81. The van der Waals surface area contributed by atoms with Gasteiger partial charge in [0.15, 0.2) is 0 Å². The second-order valence-corrected chi connectivity index (χ2v) is 7.61. The van der Waals surface area contributed by atoms with Crippen molar-refractivity contribution in [3.05, 3.63) is 83.7 Å². The zero-order valence-electron chi connectivity index (χ0n) is 17.5. The van der Waals surface area contributed by atoms with Gasteiger partial charge in [-0.25, -0.2) is 0 Å². The van der Waals surface area contributed by atoms with Crippen molar-refractivity contribution in [1.82, 2.24) is 14.8 Å². The van der Waals surface area contributed by atoms with Gasteiger partial charge in [-0.3, -0.25) is 9.67 Å². The van der Waals surface area contributed by atoms with E-state index in [4.69, 9.17) is 5.10 Å². The lowest BCUT2D eigenvalue weighted by Crippen LogP contribution is -2.05. The van der Waals surface area contributed by atoms with E-state index >= 15 is 0 Å². The zero-order valence-corrected chi connectivity index (χ0v) is 17.5. The fraction of sp³-hybridized carbons (Fsp3) is 0.280. The SMILES string of the molecule is CCCC(c1ccc(-c2ccc(C(F)(F)F)cc2)nc1)c1nn(CC)c2ccccc12. The molecule has 0 saturated heterocycles. The number of para-hydroxylation sites is 1. The minimum atomic E-state index is -4.34. The van der Waals surface area contributed by atoms with Crippen LogP contribution < -0.4 is 0 Å². The van der Waals surface area contributed by atoms with Crippen molar-refractivity contribution in [2.75, 3.05) is 0 Å². The molecule has 0 fully saturated rings. The normalized spacial score (nSPS) is 12.9. The van der Waals surface area contributed by atoms with Gasteiger partial charge in [0.2, 0.25) is 0 Å². The zero-order chi connectivity index (χ0) is 22.0. The Bertz CT molecular complexity index is 1160. The molecular weight excluding hydrogens is 399 g/mol. The number of benzene rings is 2. The van der Waals surface area contributed by atoms with Gasteiger partial charge in [-0.2, -0.15) is 18.3 Å². The largest absolute Gasteiger partial charge is 0.416 e. The number of hydrogen-bond donors (Lipinski definition) is 0. The van der Waals surface area contributed by atoms with Crippen LogP contribution in [0.25, 0.3) is 22.2 Å². The number of alkyl halides is 3. The molecule has 0 aliphatic heterocycles. The number of fused-ring (bicyclic) bond motifs is 1. The predicted octanol–water partition coefficient (Wildman–Crippen LogP) is 7.07. The van der Waals surface area contributed by atoms with Gasteiger partial charge >= 0.3 is 6.18 Å². The van der Waals surface area contributed by atoms with E-state index in [9.17, 15) is 13.2 Å². The molecule has 0 bridgehead atoms. The molecule has 2 heterocycles. The number of rotatable bonds is 6. The van der Waals surface area contributed by atoms with Crippen molar-refractivity contribution in [2.45, 2.75) is 45.3 Å². The Balaban J connectivity index is 1.68. The predicted molar refractivity (Wildman–Crippen MR) is 117 cm³/mol. The molecule has 0 spiro atoms. The minimum Gasteiger partial charge on any atom is -0.265 e. The van der Waals surface area contributed by atoms with Crippen LogP contribution in [0.2, 0.25) is 0 Å². The summed E-state index contributed by atoms with van der Waals surface area (Å²) in [7, 11) is 0. The third kappa shape index (κ3) is 4.20. The van der Waals surface area contributed by atoms with Gasteiger partial charge in [-0.1, -0.05) is 49.7 Å². The summed E-state index contributed by atoms with van der Waals surface area (Å²) in [6, 6.07) is 17.2. The van der Waals surface area contributed by atoms with Crippen molar-refractivity contribution >= 4 is 10.9 Å². The van der Waals surface area contributed by atoms with E-state index in [2.05, 4.69) is 31.0 Å². The van der Waals surface area contributed by atoms with Crippen LogP contribution in [0.4, 0.5) is 13.2 Å². The first kappa shape index (κ1) is 21.1. The van der Waals surface area contributed by atoms with E-state index in [0.717, 1.165) is 53.7 Å². The van der Waals surface area contributed by atoms with Gasteiger partial charge in [-0.05, 0) is 43.2 Å². The molecule has 2 aromatic carbocycles. The molecule has 0 radical (unpaired) electrons. The third-order valence-electron chi connectivity index (χ3n) is 5.59. The second-order valence-electron chi connectivity index (χ2n) is 7.61. The highest BCUT2D eigenvalue weighted by Gasteiger charge is 2.30. The Hall–Kier alpha value is -3.15. The maximum absolute atomic E-state index is 12.8. The summed E-state index contributed by atoms with van der Waals surface area (Å²) in [5, 5.41) is 6.05. The van der Waals surface area contributed by atoms with Crippen LogP contribution in [0.1, 0.15) is 49.4 Å². The number of pyridine rings is 1. The van der Waals surface area contributed by atoms with Crippen molar-refractivity contribution in [3.63, 3.8) is 0 Å². The van der Waals surface area contributed by atoms with E-state index in [-0.39, 0.29) is 5.92 Å². The monoisotopic (exact) mass is 423 g/mol. The van der Waals surface area contributed by atoms with Crippen LogP contribution in [0, 0.1) is 0 Å². The van der Waals surface area contributed by atoms with E-state index < -0.39 is 11.7 Å². The third-order valence-corrected chi connectivity index (χ3v) is 5.59. The van der Waals surface area contributed by atoms with E-state index in [1.54, 1.807) is 0 Å². The van der Waals surface area contributed by atoms with Gasteiger partial charge in [0, 0.05) is 29.6 Å². The molecule has 0 aliphatic rings. The lowest BCUT2D eigenvalue weighted by molar-refractivity contribution is -0.137. The average molecular weight is 423 g/mol. The molecule has 0 saturated carbocycles. The van der Waals surface area contributed by atoms with Crippen LogP contribution >= 0.6 is 0 Å². The number of aromatic nitrogens is 3. The second kappa shape index (κ2) is 8.53. The van der Waals surface area contributed by atoms with Crippen LogP contribution in [0.5, 0.6) is 0 Å². The first-order valence-electron chi connectivity index (χ1n) is 10.5. The molecule has 0 amide bonds. The average Bonchev–Trinajstić information content (AvgIpc) is 3.16. The van der Waals surface area contributed by atoms with Crippen molar-refractivity contribution < 1.29 is 13.2 Å². The molecule has 0 aliphatic carbocycles. The number of hydrogen-bond acceptors (Lipinski definition) is 2. The highest BCUT2D eigenvalue weighted by Crippen LogP contribution is 2.34. The lowest BCUT2D eigenvalue weighted by Gasteiger charge is -2.15. The molecule has 4 aromatic rings. The van der Waals surface area contributed by atoms with E-state index in [1.807, 2.05) is 35.1 Å². The minimum absolute atomic E-state index is 0.108. The molecule has 2 aromatic heterocycles. The molecular formula is C25H24F3N3. The first-order chi connectivity index (χ1) is 14.9. The summed E-state index contributed by atoms with van der Waals surface area (Å²) in [6.45, 7) is 5.03. The summed E-state index contributed by atoms with van der Waals surface area (Å²) >= 11 is 0. The van der Waals surface area contributed by atoms with Crippen molar-refractivity contribution in [1.29, 1.82) is 0 Å². The molecule has 160 valence electrons. The molecule has 31 heavy (non-hydrogen) atoms. The first-order valence-corrected chi connectivity index (χ1v) is 10.5. The van der Waals surface area contributed by atoms with Crippen LogP contribution in [0.3, 0.4) is 0 Å². The smallest absolute Gasteiger partial charge is 0.265 e. The van der Waals surface area contributed by atoms with Crippen LogP contribution in [0.15, 0.2) is 66.9 Å². The van der Waals surface area contributed by atoms with Gasteiger partial charge in [-0.15, -0.1) is 0 Å². The highest BCUT2D eigenvalue weighted by molar-refractivity contribution is 5.83. The Labute approximate surface area is 179 Å². The lowest BCUT2D eigenvalue weighted by atomic mass is 9.90. The summed E-state index contributed by atoms with van der Waals surface area (Å²) in [5.41, 5.74) is 3.88. The Morgan fingerprint density at radius 2 is 1.68 bits per heavy atom. The molecule has 0 N–H and O–H groups in total. The maximum Gasteiger partial charge on any atom is 0.416 e. The van der Waals surface area contributed by atoms with Gasteiger partial charge in [0.05, 0.1) is 22.5 Å². The molecule has 1 unspecified atom stereocenters. The van der Waals surface area contributed by atoms with Gasteiger partial charge in [0.1, 0.15) is 0 Å². The Morgan fingerprint density at radius 1 is 0.935 bits per heavy atom. The van der Waals surface area contributed by atoms with Crippen LogP contribution in [-0.4, -0.2) is 14.8 Å². The van der Waals surface area contributed by atoms with Crippen molar-refractivity contribution in [3.8, 4) is 11.3 Å². The van der Waals surface area contributed by atoms with Crippen LogP contribution in [-0.2, 0) is 12.7 Å². The fourth-order valence-corrected chi connectivity index (χ4v) is 4.01. The topological polar surface area (TPSA) is 30.7 Å². The number of halogens is 3. The van der Waals surface area contributed by atoms with E-state index in [1.165, 1.54) is 12.1 Å². The molecule has 6 heteroatoms. The van der Waals surface area contributed by atoms with Gasteiger partial charge < -0.3 is 0 Å². The summed E-state index contributed by atoms with van der Waals surface area (Å²) in [5.74, 6) is 0.108. The molecule has 3 nitrogen and oxygen atoms in total. The number of aryl methyl sites for hydroxylation is 1. The summed E-state index contributed by atoms with van der Waals surface area (Å²) in [4.78, 5) is 4.56.